The van der Waals surface area contributed by atoms with Crippen molar-refractivity contribution in [2.24, 2.45) is 0 Å². The summed E-state index contributed by atoms with van der Waals surface area (Å²) in [4.78, 5) is 29.3. The van der Waals surface area contributed by atoms with Crippen LogP contribution in [0.3, 0.4) is 0 Å². The lowest BCUT2D eigenvalue weighted by molar-refractivity contribution is -0.857. The van der Waals surface area contributed by atoms with E-state index in [1.54, 1.807) is 35.7 Å². The van der Waals surface area contributed by atoms with Gasteiger partial charge in [0.25, 0.3) is 5.91 Å². The van der Waals surface area contributed by atoms with Gasteiger partial charge in [-0.05, 0) is 17.5 Å². The Balaban J connectivity index is 2.16. The molecule has 2 aromatic rings. The molecule has 8 heteroatoms. The Kier molecular flexibility index (Phi) is 6.24. The van der Waals surface area contributed by atoms with Crippen molar-refractivity contribution in [2.45, 2.75) is 6.04 Å². The van der Waals surface area contributed by atoms with E-state index in [9.17, 15) is 14.7 Å². The van der Waals surface area contributed by atoms with Gasteiger partial charge < -0.3 is 24.4 Å². The van der Waals surface area contributed by atoms with E-state index in [1.165, 1.54) is 30.5 Å². The molecule has 0 radical (unpaired) electrons. The third kappa shape index (κ3) is 3.86. The summed E-state index contributed by atoms with van der Waals surface area (Å²) in [5.41, 5.74) is 0.663. The van der Waals surface area contributed by atoms with Crippen molar-refractivity contribution in [1.82, 2.24) is 4.90 Å². The fraction of sp³-hybridized carbons (Fsp3) is 0.333. The highest BCUT2D eigenvalue weighted by Gasteiger charge is 2.45. The minimum absolute atomic E-state index is 0.0674. The molecule has 1 aromatic carbocycles. The first-order valence-corrected chi connectivity index (χ1v) is 10.1. The number of methoxy groups -OCH3 is 2. The fourth-order valence-electron chi connectivity index (χ4n) is 3.45. The summed E-state index contributed by atoms with van der Waals surface area (Å²) in [6.45, 7) is 1.03. The van der Waals surface area contributed by atoms with E-state index in [2.05, 4.69) is 0 Å². The SMILES string of the molecule is COc1cccc([C@H]2C(C(=O)c3cccs3)=C(O)C(=O)N2CC[NH+](C)C)c1OC. The minimum Gasteiger partial charge on any atom is -0.503 e. The minimum atomic E-state index is -0.763. The molecule has 1 aromatic heterocycles. The molecule has 0 spiro atoms. The van der Waals surface area contributed by atoms with Crippen LogP contribution in [0.1, 0.15) is 21.3 Å². The smallest absolute Gasteiger partial charge is 0.290 e. The van der Waals surface area contributed by atoms with E-state index in [1.807, 2.05) is 14.1 Å². The Labute approximate surface area is 173 Å². The summed E-state index contributed by atoms with van der Waals surface area (Å²) in [6.07, 6.45) is 0. The van der Waals surface area contributed by atoms with Crippen LogP contribution in [0.4, 0.5) is 0 Å². The number of aliphatic hydroxyl groups is 1. The molecule has 154 valence electrons. The number of thiophene rings is 1. The molecule has 0 aliphatic carbocycles. The third-order valence-electron chi connectivity index (χ3n) is 4.87. The molecule has 1 aliphatic heterocycles. The number of ether oxygens (including phenoxy) is 2. The zero-order chi connectivity index (χ0) is 21.1. The standard InChI is InChI=1S/C21H24N2O5S/c1-22(2)10-11-23-17(13-7-5-8-14(27-3)20(13)28-4)16(19(25)21(23)26)18(24)15-9-6-12-29-15/h5-9,12,17,25H,10-11H2,1-4H3/p+1/t17-/m0/s1. The zero-order valence-electron chi connectivity index (χ0n) is 16.9. The van der Waals surface area contributed by atoms with Crippen LogP contribution in [-0.2, 0) is 4.79 Å². The maximum atomic E-state index is 13.2. The number of carbonyl (C=O) groups is 2. The maximum absolute atomic E-state index is 13.2. The van der Waals surface area contributed by atoms with Crippen LogP contribution in [0.15, 0.2) is 47.0 Å². The number of nitrogens with one attached hydrogen (secondary N) is 1. The number of ketones is 1. The van der Waals surface area contributed by atoms with Crippen molar-refractivity contribution in [1.29, 1.82) is 0 Å². The summed E-state index contributed by atoms with van der Waals surface area (Å²) in [5.74, 6) is -0.500. The molecular formula is C21H25N2O5S+. The molecule has 0 bridgehead atoms. The molecule has 1 aliphatic rings. The van der Waals surface area contributed by atoms with Crippen molar-refractivity contribution < 1.29 is 29.1 Å². The topological polar surface area (TPSA) is 80.5 Å². The number of hydrogen-bond acceptors (Lipinski definition) is 6. The van der Waals surface area contributed by atoms with E-state index >= 15 is 0 Å². The van der Waals surface area contributed by atoms with Gasteiger partial charge in [0.15, 0.2) is 17.3 Å². The van der Waals surface area contributed by atoms with Gasteiger partial charge in [-0.25, -0.2) is 0 Å². The quantitative estimate of drug-likeness (QED) is 0.636. The number of nitrogens with zero attached hydrogens (tertiary/aromatic N) is 1. The third-order valence-corrected chi connectivity index (χ3v) is 5.74. The highest BCUT2D eigenvalue weighted by atomic mass is 32.1. The summed E-state index contributed by atoms with van der Waals surface area (Å²) in [7, 11) is 7.00. The number of Topliss-reactive ketones (excluding diaryl/α,β-unsaturated/α-hetero) is 1. The van der Waals surface area contributed by atoms with Crippen LogP contribution in [0.2, 0.25) is 0 Å². The van der Waals surface area contributed by atoms with Crippen molar-refractivity contribution in [3.8, 4) is 11.5 Å². The fourth-order valence-corrected chi connectivity index (χ4v) is 4.13. The molecule has 2 heterocycles. The summed E-state index contributed by atoms with van der Waals surface area (Å²) in [5, 5.41) is 12.5. The van der Waals surface area contributed by atoms with E-state index in [-0.39, 0.29) is 11.4 Å². The molecule has 0 unspecified atom stereocenters. The van der Waals surface area contributed by atoms with Gasteiger partial charge in [-0.2, -0.15) is 0 Å². The first-order valence-electron chi connectivity index (χ1n) is 9.22. The second-order valence-corrected chi connectivity index (χ2v) is 7.96. The molecular weight excluding hydrogens is 392 g/mol. The van der Waals surface area contributed by atoms with Gasteiger partial charge >= 0.3 is 0 Å². The van der Waals surface area contributed by atoms with Crippen LogP contribution in [0.25, 0.3) is 0 Å². The number of hydrogen-bond donors (Lipinski definition) is 2. The maximum Gasteiger partial charge on any atom is 0.290 e. The van der Waals surface area contributed by atoms with Gasteiger partial charge in [-0.15, -0.1) is 11.3 Å². The average Bonchev–Trinajstić information content (AvgIpc) is 3.33. The van der Waals surface area contributed by atoms with Gasteiger partial charge in [0.05, 0.1) is 57.9 Å². The largest absolute Gasteiger partial charge is 0.503 e. The Morgan fingerprint density at radius 1 is 1.21 bits per heavy atom. The average molecular weight is 418 g/mol. The van der Waals surface area contributed by atoms with Gasteiger partial charge in [0, 0.05) is 5.56 Å². The molecule has 2 N–H and O–H groups in total. The molecule has 1 amide bonds. The number of rotatable bonds is 8. The second-order valence-electron chi connectivity index (χ2n) is 7.01. The Morgan fingerprint density at radius 2 is 1.97 bits per heavy atom. The molecule has 29 heavy (non-hydrogen) atoms. The lowest BCUT2D eigenvalue weighted by Crippen LogP contribution is -3.06. The Bertz CT molecular complexity index is 937. The molecule has 0 saturated heterocycles. The van der Waals surface area contributed by atoms with Crippen molar-refractivity contribution in [2.75, 3.05) is 41.4 Å². The number of benzene rings is 1. The number of aliphatic hydroxyl groups excluding tert-OH is 1. The predicted molar refractivity (Wildman–Crippen MR) is 110 cm³/mol. The number of para-hydroxylation sites is 1. The normalized spacial score (nSPS) is 16.7. The highest BCUT2D eigenvalue weighted by Crippen LogP contribution is 2.45. The van der Waals surface area contributed by atoms with Crippen molar-refractivity contribution in [3.63, 3.8) is 0 Å². The van der Waals surface area contributed by atoms with Crippen molar-refractivity contribution >= 4 is 23.0 Å². The van der Waals surface area contributed by atoms with Crippen LogP contribution in [0.5, 0.6) is 11.5 Å². The van der Waals surface area contributed by atoms with Gasteiger partial charge in [0.1, 0.15) is 0 Å². The van der Waals surface area contributed by atoms with E-state index < -0.39 is 17.7 Å². The second kappa shape index (κ2) is 8.67. The van der Waals surface area contributed by atoms with E-state index in [0.717, 1.165) is 4.90 Å². The number of quaternary nitrogens is 1. The first kappa shape index (κ1) is 20.9. The van der Waals surface area contributed by atoms with Crippen LogP contribution in [-0.4, -0.2) is 63.1 Å². The van der Waals surface area contributed by atoms with Crippen LogP contribution >= 0.6 is 11.3 Å². The molecule has 0 saturated carbocycles. The van der Waals surface area contributed by atoms with Crippen LogP contribution < -0.4 is 14.4 Å². The highest BCUT2D eigenvalue weighted by molar-refractivity contribution is 7.12. The van der Waals surface area contributed by atoms with Gasteiger partial charge in [-0.1, -0.05) is 18.2 Å². The predicted octanol–water partition coefficient (Wildman–Crippen LogP) is 1.49. The van der Waals surface area contributed by atoms with Crippen LogP contribution in [0, 0.1) is 0 Å². The zero-order valence-corrected chi connectivity index (χ0v) is 17.7. The van der Waals surface area contributed by atoms with Crippen molar-refractivity contribution in [3.05, 3.63) is 57.5 Å². The summed E-state index contributed by atoms with van der Waals surface area (Å²) in [6, 6.07) is 8.00. The van der Waals surface area contributed by atoms with Gasteiger partial charge in [-0.3, -0.25) is 9.59 Å². The lowest BCUT2D eigenvalue weighted by Gasteiger charge is -2.28. The molecule has 3 rings (SSSR count). The van der Waals surface area contributed by atoms with Gasteiger partial charge in [0.2, 0.25) is 5.78 Å². The summed E-state index contributed by atoms with van der Waals surface area (Å²) >= 11 is 1.27. The van der Waals surface area contributed by atoms with E-state index in [0.29, 0.717) is 35.0 Å². The monoisotopic (exact) mass is 417 g/mol. The number of amides is 1. The number of likely N-dealkylation sites (N-methyl/N-ethyl adjacent to an activating group) is 1. The molecule has 1 atom stereocenters. The lowest BCUT2D eigenvalue weighted by atomic mass is 9.94. The molecule has 0 fully saturated rings. The summed E-state index contributed by atoms with van der Waals surface area (Å²) < 4.78 is 11.0. The Hall–Kier alpha value is -2.84. The number of carbonyl (C=O) groups excluding carboxylic acids is 2. The molecule has 7 nitrogen and oxygen atoms in total. The first-order chi connectivity index (χ1) is 13.9. The Morgan fingerprint density at radius 3 is 2.55 bits per heavy atom. The van der Waals surface area contributed by atoms with E-state index in [4.69, 9.17) is 9.47 Å².